The van der Waals surface area contributed by atoms with Gasteiger partial charge in [0, 0.05) is 0 Å². The Morgan fingerprint density at radius 2 is 2.12 bits per heavy atom. The van der Waals surface area contributed by atoms with E-state index in [1.165, 1.54) is 4.90 Å². The minimum absolute atomic E-state index is 0.0143. The lowest BCUT2D eigenvalue weighted by Gasteiger charge is -2.18. The molecule has 1 fully saturated rings. The van der Waals surface area contributed by atoms with Gasteiger partial charge in [-0.05, 0) is 12.0 Å². The van der Waals surface area contributed by atoms with Crippen LogP contribution in [0.4, 0.5) is 4.79 Å². The summed E-state index contributed by atoms with van der Waals surface area (Å²) in [5.74, 6) is -0.294. The summed E-state index contributed by atoms with van der Waals surface area (Å²) < 4.78 is 4.91. The third-order valence-electron chi connectivity index (χ3n) is 2.68. The Hall–Kier alpha value is -1.49. The van der Waals surface area contributed by atoms with E-state index in [0.29, 0.717) is 6.42 Å². The van der Waals surface area contributed by atoms with Crippen LogP contribution in [0.25, 0.3) is 0 Å². The zero-order valence-electron chi connectivity index (χ0n) is 9.20. The summed E-state index contributed by atoms with van der Waals surface area (Å²) in [6, 6.07) is 9.49. The molecule has 1 aliphatic rings. The molecule has 2 rings (SSSR count). The third-order valence-corrected chi connectivity index (χ3v) is 2.95. The maximum atomic E-state index is 11.6. The summed E-state index contributed by atoms with van der Waals surface area (Å²) in [5, 5.41) is 0. The Morgan fingerprint density at radius 1 is 1.41 bits per heavy atom. The van der Waals surface area contributed by atoms with Crippen molar-refractivity contribution in [1.29, 1.82) is 0 Å². The Kier molecular flexibility index (Phi) is 3.68. The lowest BCUT2D eigenvalue weighted by atomic mass is 10.1. The maximum Gasteiger partial charge on any atom is 0.417 e. The van der Waals surface area contributed by atoms with E-state index in [1.54, 1.807) is 0 Å². The second-order valence-electron chi connectivity index (χ2n) is 3.84. The second-order valence-corrected chi connectivity index (χ2v) is 4.16. The Morgan fingerprint density at radius 3 is 2.76 bits per heavy atom. The fourth-order valence-corrected chi connectivity index (χ4v) is 2.03. The molecule has 0 aliphatic carbocycles. The van der Waals surface area contributed by atoms with Crippen molar-refractivity contribution in [3.05, 3.63) is 35.9 Å². The number of ether oxygens (including phenoxy) is 1. The summed E-state index contributed by atoms with van der Waals surface area (Å²) in [4.78, 5) is 24.2. The summed E-state index contributed by atoms with van der Waals surface area (Å²) >= 11 is 3.90. The summed E-state index contributed by atoms with van der Waals surface area (Å²) in [7, 11) is 0. The zero-order valence-corrected chi connectivity index (χ0v) is 10.1. The molecule has 2 amide bonds. The molecule has 0 radical (unpaired) electrons. The van der Waals surface area contributed by atoms with Crippen molar-refractivity contribution in [1.82, 2.24) is 4.90 Å². The van der Waals surface area contributed by atoms with Crippen LogP contribution in [0.3, 0.4) is 0 Å². The minimum atomic E-state index is -0.565. The molecule has 0 saturated carbocycles. The molecule has 0 N–H and O–H groups in total. The van der Waals surface area contributed by atoms with Gasteiger partial charge in [-0.15, -0.1) is 0 Å². The van der Waals surface area contributed by atoms with Gasteiger partial charge >= 0.3 is 6.09 Å². The van der Waals surface area contributed by atoms with Gasteiger partial charge in [0.25, 0.3) is 0 Å². The number of nitrogens with zero attached hydrogens (tertiary/aromatic N) is 1. The second kappa shape index (κ2) is 5.23. The highest BCUT2D eigenvalue weighted by molar-refractivity contribution is 7.81. The maximum absolute atomic E-state index is 11.6. The molecule has 0 spiro atoms. The molecular weight excluding hydrogens is 238 g/mol. The van der Waals surface area contributed by atoms with Crippen molar-refractivity contribution in [3.8, 4) is 0 Å². The smallest absolute Gasteiger partial charge is 0.417 e. The van der Waals surface area contributed by atoms with Gasteiger partial charge in [-0.3, -0.25) is 4.79 Å². The van der Waals surface area contributed by atoms with E-state index >= 15 is 0 Å². The van der Waals surface area contributed by atoms with Crippen molar-refractivity contribution in [2.24, 2.45) is 0 Å². The van der Waals surface area contributed by atoms with Gasteiger partial charge in [-0.2, -0.15) is 12.6 Å². The van der Waals surface area contributed by atoms with Crippen LogP contribution in [-0.2, 0) is 16.0 Å². The predicted octanol–water partition coefficient (Wildman–Crippen LogP) is 1.51. The van der Waals surface area contributed by atoms with Crippen molar-refractivity contribution in [3.63, 3.8) is 0 Å². The fraction of sp³-hybridized carbons (Fsp3) is 0.333. The van der Waals surface area contributed by atoms with E-state index < -0.39 is 6.09 Å². The van der Waals surface area contributed by atoms with Crippen LogP contribution in [0.5, 0.6) is 0 Å². The SMILES string of the molecule is O=C(CS)N1C(=O)OCC1Cc1ccccc1. The van der Waals surface area contributed by atoms with Crippen LogP contribution in [0, 0.1) is 0 Å². The highest BCUT2D eigenvalue weighted by atomic mass is 32.1. The normalized spacial score (nSPS) is 19.2. The van der Waals surface area contributed by atoms with E-state index in [9.17, 15) is 9.59 Å². The molecule has 1 aromatic rings. The van der Waals surface area contributed by atoms with E-state index in [-0.39, 0.29) is 24.3 Å². The van der Waals surface area contributed by atoms with Gasteiger partial charge < -0.3 is 4.74 Å². The van der Waals surface area contributed by atoms with Gasteiger partial charge in [0.05, 0.1) is 11.8 Å². The average molecular weight is 251 g/mol. The first-order valence-electron chi connectivity index (χ1n) is 5.36. The molecule has 17 heavy (non-hydrogen) atoms. The van der Waals surface area contributed by atoms with Crippen molar-refractivity contribution < 1.29 is 14.3 Å². The van der Waals surface area contributed by atoms with Crippen LogP contribution < -0.4 is 0 Å². The molecule has 0 aromatic heterocycles. The molecule has 5 heteroatoms. The molecule has 4 nitrogen and oxygen atoms in total. The number of carbonyl (C=O) groups excluding carboxylic acids is 2. The quantitative estimate of drug-likeness (QED) is 0.828. The first-order chi connectivity index (χ1) is 8.22. The van der Waals surface area contributed by atoms with E-state index in [1.807, 2.05) is 30.3 Å². The lowest BCUT2D eigenvalue weighted by Crippen LogP contribution is -2.40. The average Bonchev–Trinajstić information content (AvgIpc) is 2.71. The van der Waals surface area contributed by atoms with Gasteiger partial charge in [0.1, 0.15) is 6.61 Å². The third kappa shape index (κ3) is 2.61. The van der Waals surface area contributed by atoms with E-state index in [0.717, 1.165) is 5.56 Å². The topological polar surface area (TPSA) is 46.6 Å². The molecule has 0 bridgehead atoms. The number of carbonyl (C=O) groups is 2. The monoisotopic (exact) mass is 251 g/mol. The molecule has 1 heterocycles. The molecule has 1 atom stereocenters. The van der Waals surface area contributed by atoms with Crippen LogP contribution in [0.2, 0.25) is 0 Å². The number of thiol groups is 1. The van der Waals surface area contributed by atoms with E-state index in [2.05, 4.69) is 12.6 Å². The summed E-state index contributed by atoms with van der Waals surface area (Å²) in [6.07, 6.45) is 0.0523. The van der Waals surface area contributed by atoms with Crippen LogP contribution in [0.15, 0.2) is 30.3 Å². The predicted molar refractivity (Wildman–Crippen MR) is 66.0 cm³/mol. The van der Waals surface area contributed by atoms with Gasteiger partial charge in [0.2, 0.25) is 5.91 Å². The first kappa shape index (κ1) is 12.0. The van der Waals surface area contributed by atoms with Gasteiger partial charge in [-0.25, -0.2) is 9.69 Å². The molecular formula is C12H13NO3S. The Balaban J connectivity index is 2.10. The van der Waals surface area contributed by atoms with Crippen LogP contribution >= 0.6 is 12.6 Å². The van der Waals surface area contributed by atoms with Gasteiger partial charge in [0.15, 0.2) is 0 Å². The number of amides is 2. The Labute approximate surface area is 105 Å². The van der Waals surface area contributed by atoms with Crippen LogP contribution in [0.1, 0.15) is 5.56 Å². The standard InChI is InChI=1S/C12H13NO3S/c14-11(8-17)13-10(7-16-12(13)15)6-9-4-2-1-3-5-9/h1-5,10,17H,6-8H2. The molecule has 1 aromatic carbocycles. The number of benzene rings is 1. The molecule has 1 saturated heterocycles. The van der Waals surface area contributed by atoms with Crippen LogP contribution in [-0.4, -0.2) is 35.3 Å². The number of hydrogen-bond donors (Lipinski definition) is 1. The first-order valence-corrected chi connectivity index (χ1v) is 5.99. The minimum Gasteiger partial charge on any atom is -0.447 e. The lowest BCUT2D eigenvalue weighted by molar-refractivity contribution is -0.126. The number of cyclic esters (lactones) is 1. The summed E-state index contributed by atoms with van der Waals surface area (Å²) in [5.41, 5.74) is 1.08. The molecule has 1 unspecified atom stereocenters. The largest absolute Gasteiger partial charge is 0.447 e. The number of rotatable bonds is 3. The number of imide groups is 1. The van der Waals surface area contributed by atoms with Gasteiger partial charge in [-0.1, -0.05) is 30.3 Å². The molecule has 90 valence electrons. The number of hydrogen-bond acceptors (Lipinski definition) is 4. The van der Waals surface area contributed by atoms with Crippen molar-refractivity contribution in [2.75, 3.05) is 12.4 Å². The summed E-state index contributed by atoms with van der Waals surface area (Å²) in [6.45, 7) is 0.257. The highest BCUT2D eigenvalue weighted by Gasteiger charge is 2.36. The molecule has 1 aliphatic heterocycles. The fourth-order valence-electron chi connectivity index (χ4n) is 1.88. The van der Waals surface area contributed by atoms with Crippen molar-refractivity contribution >= 4 is 24.6 Å². The highest BCUT2D eigenvalue weighted by Crippen LogP contribution is 2.17. The zero-order chi connectivity index (χ0) is 12.3. The van der Waals surface area contributed by atoms with Crippen molar-refractivity contribution in [2.45, 2.75) is 12.5 Å². The van der Waals surface area contributed by atoms with E-state index in [4.69, 9.17) is 4.74 Å². The Bertz CT molecular complexity index is 421.